The van der Waals surface area contributed by atoms with E-state index in [1.807, 2.05) is 0 Å². The molecule has 1 N–H and O–H groups in total. The summed E-state index contributed by atoms with van der Waals surface area (Å²) < 4.78 is 17.9. The summed E-state index contributed by atoms with van der Waals surface area (Å²) in [6, 6.07) is 6.68. The summed E-state index contributed by atoms with van der Waals surface area (Å²) >= 11 is 0. The molecule has 5 heteroatoms. The molecule has 29 heavy (non-hydrogen) atoms. The number of hydrogen-bond donors (Lipinski definition) is 1. The Morgan fingerprint density at radius 3 is 2.72 bits per heavy atom. The van der Waals surface area contributed by atoms with Gasteiger partial charge in [0.1, 0.15) is 5.75 Å². The molecule has 0 amide bonds. The van der Waals surface area contributed by atoms with Gasteiger partial charge in [-0.1, -0.05) is 12.5 Å². The van der Waals surface area contributed by atoms with Gasteiger partial charge in [0.2, 0.25) is 0 Å². The number of aliphatic hydroxyl groups is 1. The fourth-order valence-corrected chi connectivity index (χ4v) is 7.15. The van der Waals surface area contributed by atoms with Crippen molar-refractivity contribution in [2.75, 3.05) is 33.4 Å². The first-order chi connectivity index (χ1) is 14.1. The Balaban J connectivity index is 1.45. The molecule has 2 saturated heterocycles. The molecule has 5 aliphatic rings. The second kappa shape index (κ2) is 6.43. The minimum atomic E-state index is -0.727. The van der Waals surface area contributed by atoms with Gasteiger partial charge in [-0.05, 0) is 67.8 Å². The second-order valence-corrected chi connectivity index (χ2v) is 10.1. The standard InChI is InChI=1S/C24H33NO4/c1-27-19-6-5-18-13-21-24(26)8-7-23(28-11-12-29-23)16-22(24,20(18)14-19)9-10-25(21)15-17-3-2-4-17/h5-6,14,17,21,26H,2-4,7-13,15-16H2,1H3/t21-,22-,24+/m0/s1. The van der Waals surface area contributed by atoms with Gasteiger partial charge in [0.15, 0.2) is 5.79 Å². The molecule has 158 valence electrons. The van der Waals surface area contributed by atoms with Gasteiger partial charge in [0.25, 0.3) is 0 Å². The average Bonchev–Trinajstić information content (AvgIpc) is 3.14. The summed E-state index contributed by atoms with van der Waals surface area (Å²) in [4.78, 5) is 2.63. The molecule has 3 aliphatic carbocycles. The summed E-state index contributed by atoms with van der Waals surface area (Å²) in [6.07, 6.45) is 8.26. The number of rotatable bonds is 3. The van der Waals surface area contributed by atoms with Gasteiger partial charge < -0.3 is 19.3 Å². The molecule has 2 saturated carbocycles. The molecule has 3 atom stereocenters. The van der Waals surface area contributed by atoms with Crippen LogP contribution in [0.1, 0.15) is 56.1 Å². The van der Waals surface area contributed by atoms with Crippen LogP contribution in [0.3, 0.4) is 0 Å². The van der Waals surface area contributed by atoms with Gasteiger partial charge in [-0.25, -0.2) is 0 Å². The number of ether oxygens (including phenoxy) is 3. The van der Waals surface area contributed by atoms with Crippen molar-refractivity contribution in [2.45, 2.75) is 74.2 Å². The summed E-state index contributed by atoms with van der Waals surface area (Å²) in [7, 11) is 1.73. The molecular formula is C24H33NO4. The maximum absolute atomic E-state index is 12.4. The quantitative estimate of drug-likeness (QED) is 0.847. The molecular weight excluding hydrogens is 366 g/mol. The van der Waals surface area contributed by atoms with Crippen LogP contribution >= 0.6 is 0 Å². The Morgan fingerprint density at radius 1 is 1.17 bits per heavy atom. The predicted octanol–water partition coefficient (Wildman–Crippen LogP) is 3.02. The van der Waals surface area contributed by atoms with E-state index in [4.69, 9.17) is 14.2 Å². The van der Waals surface area contributed by atoms with Crippen molar-refractivity contribution in [3.05, 3.63) is 29.3 Å². The zero-order valence-electron chi connectivity index (χ0n) is 17.5. The summed E-state index contributed by atoms with van der Waals surface area (Å²) in [5, 5.41) is 12.4. The molecule has 2 bridgehead atoms. The number of fused-ring (bicyclic) bond motifs is 1. The molecule has 1 aromatic carbocycles. The van der Waals surface area contributed by atoms with E-state index in [2.05, 4.69) is 23.1 Å². The van der Waals surface area contributed by atoms with Crippen molar-refractivity contribution in [2.24, 2.45) is 5.92 Å². The third kappa shape index (κ3) is 2.54. The van der Waals surface area contributed by atoms with E-state index < -0.39 is 11.4 Å². The highest BCUT2D eigenvalue weighted by Gasteiger charge is 2.68. The summed E-state index contributed by atoms with van der Waals surface area (Å²) in [5.41, 5.74) is 1.60. The molecule has 0 unspecified atom stereocenters. The first-order valence-corrected chi connectivity index (χ1v) is 11.5. The molecule has 1 spiro atoms. The lowest BCUT2D eigenvalue weighted by Gasteiger charge is -2.66. The minimum absolute atomic E-state index is 0.191. The van der Waals surface area contributed by atoms with Crippen LogP contribution in [0.4, 0.5) is 0 Å². The smallest absolute Gasteiger partial charge is 0.169 e. The summed E-state index contributed by atoms with van der Waals surface area (Å²) in [6.45, 7) is 3.52. The molecule has 0 aromatic heterocycles. The van der Waals surface area contributed by atoms with Crippen molar-refractivity contribution >= 4 is 0 Å². The lowest BCUT2D eigenvalue weighted by atomic mass is 9.48. The summed E-state index contributed by atoms with van der Waals surface area (Å²) in [5.74, 6) is 1.17. The highest BCUT2D eigenvalue weighted by Crippen LogP contribution is 2.61. The Morgan fingerprint density at radius 2 is 2.00 bits per heavy atom. The Labute approximate surface area is 173 Å². The third-order valence-electron chi connectivity index (χ3n) is 8.88. The van der Waals surface area contributed by atoms with E-state index in [-0.39, 0.29) is 11.5 Å². The average molecular weight is 400 g/mol. The molecule has 0 radical (unpaired) electrons. The first-order valence-electron chi connectivity index (χ1n) is 11.5. The van der Waals surface area contributed by atoms with E-state index in [1.165, 1.54) is 30.4 Å². The molecule has 4 fully saturated rings. The normalized spacial score (nSPS) is 38.3. The lowest BCUT2D eigenvalue weighted by Crippen LogP contribution is -2.75. The minimum Gasteiger partial charge on any atom is -0.497 e. The fourth-order valence-electron chi connectivity index (χ4n) is 7.15. The molecule has 1 aromatic rings. The largest absolute Gasteiger partial charge is 0.497 e. The van der Waals surface area contributed by atoms with E-state index in [0.29, 0.717) is 13.2 Å². The number of benzene rings is 1. The number of nitrogens with zero attached hydrogens (tertiary/aromatic N) is 1. The van der Waals surface area contributed by atoms with Crippen LogP contribution in [-0.2, 0) is 21.3 Å². The van der Waals surface area contributed by atoms with Crippen molar-refractivity contribution in [3.63, 3.8) is 0 Å². The zero-order valence-corrected chi connectivity index (χ0v) is 17.5. The van der Waals surface area contributed by atoms with Crippen LogP contribution in [0.2, 0.25) is 0 Å². The van der Waals surface area contributed by atoms with Crippen molar-refractivity contribution in [1.82, 2.24) is 4.90 Å². The molecule has 6 rings (SSSR count). The van der Waals surface area contributed by atoms with Crippen molar-refractivity contribution < 1.29 is 19.3 Å². The molecule has 5 nitrogen and oxygen atoms in total. The SMILES string of the molecule is COc1ccc2c(c1)[C@@]13CCN(CC4CCC4)[C@@H](C2)[C@]1(O)CCC1(C3)OCCO1. The Kier molecular flexibility index (Phi) is 4.13. The second-order valence-electron chi connectivity index (χ2n) is 10.1. The highest BCUT2D eigenvalue weighted by atomic mass is 16.7. The van der Waals surface area contributed by atoms with Crippen molar-refractivity contribution in [3.8, 4) is 5.75 Å². The van der Waals surface area contributed by atoms with Crippen LogP contribution in [0.25, 0.3) is 0 Å². The number of hydrogen-bond acceptors (Lipinski definition) is 5. The van der Waals surface area contributed by atoms with E-state index >= 15 is 0 Å². The van der Waals surface area contributed by atoms with E-state index in [1.54, 1.807) is 7.11 Å². The van der Waals surface area contributed by atoms with Gasteiger partial charge in [0.05, 0.1) is 25.9 Å². The van der Waals surface area contributed by atoms with Crippen LogP contribution in [-0.4, -0.2) is 60.8 Å². The van der Waals surface area contributed by atoms with Crippen LogP contribution < -0.4 is 4.74 Å². The Bertz CT molecular complexity index is 802. The maximum Gasteiger partial charge on any atom is 0.169 e. The monoisotopic (exact) mass is 399 g/mol. The van der Waals surface area contributed by atoms with Gasteiger partial charge in [-0.15, -0.1) is 0 Å². The van der Waals surface area contributed by atoms with Gasteiger partial charge in [-0.3, -0.25) is 4.90 Å². The van der Waals surface area contributed by atoms with E-state index in [9.17, 15) is 5.11 Å². The third-order valence-corrected chi connectivity index (χ3v) is 8.88. The first kappa shape index (κ1) is 18.6. The topological polar surface area (TPSA) is 51.2 Å². The van der Waals surface area contributed by atoms with Crippen LogP contribution in [0.15, 0.2) is 18.2 Å². The van der Waals surface area contributed by atoms with E-state index in [0.717, 1.165) is 56.9 Å². The van der Waals surface area contributed by atoms with Gasteiger partial charge in [-0.2, -0.15) is 0 Å². The van der Waals surface area contributed by atoms with Crippen LogP contribution in [0.5, 0.6) is 5.75 Å². The molecule has 2 aliphatic heterocycles. The number of methoxy groups -OCH3 is 1. The van der Waals surface area contributed by atoms with Gasteiger partial charge >= 0.3 is 0 Å². The Hall–Kier alpha value is -1.14. The van der Waals surface area contributed by atoms with Gasteiger partial charge in [0, 0.05) is 30.8 Å². The van der Waals surface area contributed by atoms with Crippen LogP contribution in [0, 0.1) is 5.92 Å². The lowest BCUT2D eigenvalue weighted by molar-refractivity contribution is -0.259. The fraction of sp³-hybridized carbons (Fsp3) is 0.750. The predicted molar refractivity (Wildman–Crippen MR) is 109 cm³/mol. The number of likely N-dealkylation sites (tertiary alicyclic amines) is 1. The van der Waals surface area contributed by atoms with Crippen molar-refractivity contribution in [1.29, 1.82) is 0 Å². The zero-order chi connectivity index (χ0) is 19.7. The molecule has 2 heterocycles. The maximum atomic E-state index is 12.4. The highest BCUT2D eigenvalue weighted by molar-refractivity contribution is 5.49. The number of piperidine rings is 1.